The van der Waals surface area contributed by atoms with Crippen molar-refractivity contribution < 1.29 is 5.11 Å². The predicted molar refractivity (Wildman–Crippen MR) is 94.0 cm³/mol. The molecule has 3 nitrogen and oxygen atoms in total. The zero-order chi connectivity index (χ0) is 16.2. The maximum absolute atomic E-state index is 10.7. The zero-order valence-electron chi connectivity index (χ0n) is 13.7. The van der Waals surface area contributed by atoms with E-state index in [1.807, 2.05) is 59.3 Å². The highest BCUT2D eigenvalue weighted by Crippen LogP contribution is 2.34. The van der Waals surface area contributed by atoms with E-state index in [-0.39, 0.29) is 0 Å². The first-order valence-electron chi connectivity index (χ1n) is 8.14. The quantitative estimate of drug-likeness (QED) is 0.728. The Labute approximate surface area is 137 Å². The second-order valence-electron chi connectivity index (χ2n) is 5.86. The fraction of sp³-hybridized carbons (Fsp3) is 0.250. The van der Waals surface area contributed by atoms with Gasteiger partial charge in [-0.05, 0) is 31.9 Å². The first kappa shape index (κ1) is 15.3. The summed E-state index contributed by atoms with van der Waals surface area (Å²) in [6.07, 6.45) is 2.93. The van der Waals surface area contributed by atoms with Gasteiger partial charge in [-0.15, -0.1) is 0 Å². The van der Waals surface area contributed by atoms with E-state index < -0.39 is 0 Å². The summed E-state index contributed by atoms with van der Waals surface area (Å²) in [5.74, 6) is 0.297. The Hall–Kier alpha value is -2.55. The van der Waals surface area contributed by atoms with E-state index in [4.69, 9.17) is 5.10 Å². The number of aromatic hydroxyl groups is 1. The lowest BCUT2D eigenvalue weighted by Crippen LogP contribution is -2.02. The molecule has 118 valence electrons. The molecule has 0 amide bonds. The van der Waals surface area contributed by atoms with Gasteiger partial charge in [0, 0.05) is 5.56 Å². The molecule has 1 N–H and O–H groups in total. The number of hydrogen-bond donors (Lipinski definition) is 1. The van der Waals surface area contributed by atoms with Gasteiger partial charge in [-0.1, -0.05) is 61.4 Å². The molecule has 0 spiro atoms. The van der Waals surface area contributed by atoms with Crippen LogP contribution in [0.2, 0.25) is 0 Å². The molecule has 1 heterocycles. The van der Waals surface area contributed by atoms with Crippen LogP contribution in [0.5, 0.6) is 5.75 Å². The lowest BCUT2D eigenvalue weighted by molar-refractivity contribution is 0.467. The van der Waals surface area contributed by atoms with Crippen molar-refractivity contribution in [1.29, 1.82) is 0 Å². The van der Waals surface area contributed by atoms with Crippen molar-refractivity contribution in [3.63, 3.8) is 0 Å². The van der Waals surface area contributed by atoms with E-state index in [0.29, 0.717) is 11.4 Å². The Kier molecular flexibility index (Phi) is 4.47. The van der Waals surface area contributed by atoms with Gasteiger partial charge in [0.2, 0.25) is 0 Å². The normalized spacial score (nSPS) is 10.9. The Morgan fingerprint density at radius 3 is 2.35 bits per heavy atom. The summed E-state index contributed by atoms with van der Waals surface area (Å²) in [6.45, 7) is 4.21. The van der Waals surface area contributed by atoms with Crippen LogP contribution < -0.4 is 0 Å². The molecule has 0 fully saturated rings. The van der Waals surface area contributed by atoms with Crippen molar-refractivity contribution in [3.8, 4) is 22.7 Å². The summed E-state index contributed by atoms with van der Waals surface area (Å²) >= 11 is 0. The summed E-state index contributed by atoms with van der Waals surface area (Å²) < 4.78 is 1.88. The van der Waals surface area contributed by atoms with Crippen LogP contribution in [0.3, 0.4) is 0 Å². The number of aryl methyl sites for hydroxylation is 1. The van der Waals surface area contributed by atoms with Crippen LogP contribution in [0.1, 0.15) is 31.0 Å². The molecule has 0 saturated carbocycles. The lowest BCUT2D eigenvalue weighted by Gasteiger charge is -2.06. The fourth-order valence-electron chi connectivity index (χ4n) is 2.70. The molecule has 0 saturated heterocycles. The minimum Gasteiger partial charge on any atom is -0.504 e. The fourth-order valence-corrected chi connectivity index (χ4v) is 2.70. The lowest BCUT2D eigenvalue weighted by atomic mass is 10.1. The molecule has 3 aromatic rings. The molecular weight excluding hydrogens is 284 g/mol. The molecule has 23 heavy (non-hydrogen) atoms. The van der Waals surface area contributed by atoms with E-state index in [1.165, 1.54) is 5.56 Å². The number of hydrogen-bond acceptors (Lipinski definition) is 2. The van der Waals surface area contributed by atoms with Crippen molar-refractivity contribution in [3.05, 3.63) is 65.9 Å². The first-order valence-corrected chi connectivity index (χ1v) is 8.14. The molecule has 3 rings (SSSR count). The van der Waals surface area contributed by atoms with E-state index in [2.05, 4.69) is 13.8 Å². The van der Waals surface area contributed by atoms with Gasteiger partial charge in [0.05, 0.1) is 11.4 Å². The van der Waals surface area contributed by atoms with Crippen LogP contribution in [0.25, 0.3) is 16.9 Å². The molecule has 1 aromatic heterocycles. The average Bonchev–Trinajstić information content (AvgIpc) is 2.91. The number of rotatable bonds is 5. The van der Waals surface area contributed by atoms with Crippen molar-refractivity contribution in [2.45, 2.75) is 33.1 Å². The van der Waals surface area contributed by atoms with Gasteiger partial charge < -0.3 is 5.11 Å². The third-order valence-corrected chi connectivity index (χ3v) is 4.05. The smallest absolute Gasteiger partial charge is 0.165 e. The highest BCUT2D eigenvalue weighted by Gasteiger charge is 2.19. The van der Waals surface area contributed by atoms with Gasteiger partial charge in [0.25, 0.3) is 0 Å². The molecule has 0 aliphatic carbocycles. The predicted octanol–water partition coefficient (Wildman–Crippen LogP) is 4.90. The van der Waals surface area contributed by atoms with Gasteiger partial charge >= 0.3 is 0 Å². The van der Waals surface area contributed by atoms with Gasteiger partial charge in [0.15, 0.2) is 5.75 Å². The highest BCUT2D eigenvalue weighted by molar-refractivity contribution is 5.68. The molecule has 2 aromatic carbocycles. The molecule has 0 atom stereocenters. The van der Waals surface area contributed by atoms with Crippen LogP contribution in [-0.4, -0.2) is 14.9 Å². The topological polar surface area (TPSA) is 38.1 Å². The summed E-state index contributed by atoms with van der Waals surface area (Å²) in [5.41, 5.74) is 4.66. The number of unbranched alkanes of at least 4 members (excludes halogenated alkanes) is 1. The van der Waals surface area contributed by atoms with Crippen LogP contribution in [0.4, 0.5) is 0 Å². The SMILES string of the molecule is CCCCc1c(O)c(-c2ccc(C)cc2)nn1-c1ccccc1. The minimum absolute atomic E-state index is 0.297. The number of nitrogens with zero attached hydrogens (tertiary/aromatic N) is 2. The van der Waals surface area contributed by atoms with Crippen molar-refractivity contribution >= 4 is 0 Å². The van der Waals surface area contributed by atoms with E-state index in [1.54, 1.807) is 0 Å². The summed E-state index contributed by atoms with van der Waals surface area (Å²) in [6, 6.07) is 18.1. The summed E-state index contributed by atoms with van der Waals surface area (Å²) in [7, 11) is 0. The van der Waals surface area contributed by atoms with Crippen molar-refractivity contribution in [2.24, 2.45) is 0 Å². The second kappa shape index (κ2) is 6.69. The van der Waals surface area contributed by atoms with Crippen LogP contribution in [0.15, 0.2) is 54.6 Å². The number of benzene rings is 2. The van der Waals surface area contributed by atoms with E-state index in [0.717, 1.165) is 36.2 Å². The molecule has 0 aliphatic rings. The summed E-state index contributed by atoms with van der Waals surface area (Å²) in [5, 5.41) is 15.4. The average molecular weight is 306 g/mol. The maximum Gasteiger partial charge on any atom is 0.165 e. The van der Waals surface area contributed by atoms with Gasteiger partial charge in [0.1, 0.15) is 5.69 Å². The Balaban J connectivity index is 2.11. The summed E-state index contributed by atoms with van der Waals surface area (Å²) in [4.78, 5) is 0. The van der Waals surface area contributed by atoms with Gasteiger partial charge in [-0.3, -0.25) is 0 Å². The molecule has 0 radical (unpaired) electrons. The zero-order valence-corrected chi connectivity index (χ0v) is 13.7. The first-order chi connectivity index (χ1) is 11.2. The standard InChI is InChI=1S/C20H22N2O/c1-3-4-10-18-20(23)19(16-13-11-15(2)12-14-16)21-22(18)17-8-6-5-7-9-17/h5-9,11-14,23H,3-4,10H2,1-2H3. The van der Waals surface area contributed by atoms with Crippen LogP contribution >= 0.6 is 0 Å². The maximum atomic E-state index is 10.7. The highest BCUT2D eigenvalue weighted by atomic mass is 16.3. The minimum atomic E-state index is 0.297. The second-order valence-corrected chi connectivity index (χ2v) is 5.86. The monoisotopic (exact) mass is 306 g/mol. The molecule has 0 unspecified atom stereocenters. The van der Waals surface area contributed by atoms with Crippen molar-refractivity contribution in [1.82, 2.24) is 9.78 Å². The number of para-hydroxylation sites is 1. The Morgan fingerprint density at radius 2 is 1.70 bits per heavy atom. The third-order valence-electron chi connectivity index (χ3n) is 4.05. The largest absolute Gasteiger partial charge is 0.504 e. The van der Waals surface area contributed by atoms with Crippen LogP contribution in [-0.2, 0) is 6.42 Å². The molecule has 0 bridgehead atoms. The number of aromatic nitrogens is 2. The Morgan fingerprint density at radius 1 is 1.00 bits per heavy atom. The van der Waals surface area contributed by atoms with E-state index in [9.17, 15) is 5.11 Å². The molecule has 3 heteroatoms. The van der Waals surface area contributed by atoms with Gasteiger partial charge in [-0.2, -0.15) is 5.10 Å². The third kappa shape index (κ3) is 3.14. The molecular formula is C20H22N2O. The van der Waals surface area contributed by atoms with Crippen molar-refractivity contribution in [2.75, 3.05) is 0 Å². The van der Waals surface area contributed by atoms with Crippen LogP contribution in [0, 0.1) is 6.92 Å². The molecule has 0 aliphatic heterocycles. The van der Waals surface area contributed by atoms with E-state index >= 15 is 0 Å². The van der Waals surface area contributed by atoms with Gasteiger partial charge in [-0.25, -0.2) is 4.68 Å². The Bertz CT molecular complexity index is 773.